The van der Waals surface area contributed by atoms with Crippen molar-refractivity contribution in [1.82, 2.24) is 9.80 Å². The van der Waals surface area contributed by atoms with Crippen LogP contribution in [0.2, 0.25) is 0 Å². The van der Waals surface area contributed by atoms with Crippen LogP contribution in [0, 0.1) is 0 Å². The predicted molar refractivity (Wildman–Crippen MR) is 70.6 cm³/mol. The molecular weight excluding hydrogens is 268 g/mol. The third kappa shape index (κ3) is 3.62. The average molecular weight is 286 g/mol. The van der Waals surface area contributed by atoms with Gasteiger partial charge in [-0.1, -0.05) is 0 Å². The van der Waals surface area contributed by atoms with E-state index in [0.29, 0.717) is 18.2 Å². The molecule has 2 aliphatic heterocycles. The molecule has 0 bridgehead atoms. The number of nitrogens with zero attached hydrogens (tertiary/aromatic N) is 2. The normalized spacial score (nSPS) is 23.8. The van der Waals surface area contributed by atoms with Gasteiger partial charge in [-0.25, -0.2) is 0 Å². The highest BCUT2D eigenvalue weighted by atomic mass is 32.2. The van der Waals surface area contributed by atoms with Crippen LogP contribution >= 0.6 is 11.8 Å². The largest absolute Gasteiger partial charge is 0.481 e. The highest BCUT2D eigenvalue weighted by Gasteiger charge is 2.31. The quantitative estimate of drug-likeness (QED) is 0.808. The third-order valence-corrected chi connectivity index (χ3v) is 4.45. The Hall–Kier alpha value is -1.24. The van der Waals surface area contributed by atoms with Gasteiger partial charge in [-0.15, -0.1) is 11.8 Å². The van der Waals surface area contributed by atoms with Gasteiger partial charge in [-0.2, -0.15) is 0 Å². The highest BCUT2D eigenvalue weighted by molar-refractivity contribution is 8.00. The molecular formula is C12H18N2O4S. The first-order valence-electron chi connectivity index (χ1n) is 6.44. The Bertz CT molecular complexity index is 388. The zero-order valence-corrected chi connectivity index (χ0v) is 11.5. The third-order valence-electron chi connectivity index (χ3n) is 3.51. The second-order valence-corrected chi connectivity index (χ2v) is 5.86. The van der Waals surface area contributed by atoms with Crippen molar-refractivity contribution in [3.05, 3.63) is 0 Å². The summed E-state index contributed by atoms with van der Waals surface area (Å²) >= 11 is 1.50. The summed E-state index contributed by atoms with van der Waals surface area (Å²) in [6.45, 7) is 0.688. The summed E-state index contributed by atoms with van der Waals surface area (Å²) in [5.74, 6) is -0.0159. The molecule has 2 saturated heterocycles. The Morgan fingerprint density at radius 2 is 2.16 bits per heavy atom. The Morgan fingerprint density at radius 3 is 2.79 bits per heavy atom. The Labute approximate surface area is 116 Å². The SMILES string of the molecule is O=C(O)CC1CCCCN1C(=O)CN1CSCC1=O. The van der Waals surface area contributed by atoms with Crippen LogP contribution in [0.3, 0.4) is 0 Å². The van der Waals surface area contributed by atoms with E-state index < -0.39 is 5.97 Å². The maximum atomic E-state index is 12.2. The van der Waals surface area contributed by atoms with E-state index in [-0.39, 0.29) is 30.8 Å². The maximum absolute atomic E-state index is 12.2. The van der Waals surface area contributed by atoms with Crippen LogP contribution < -0.4 is 0 Å². The lowest BCUT2D eigenvalue weighted by molar-refractivity contribution is -0.144. The fourth-order valence-corrected chi connectivity index (χ4v) is 3.44. The lowest BCUT2D eigenvalue weighted by Gasteiger charge is -2.35. The van der Waals surface area contributed by atoms with Gasteiger partial charge in [0.1, 0.15) is 6.54 Å². The number of aliphatic carboxylic acids is 1. The fourth-order valence-electron chi connectivity index (χ4n) is 2.54. The molecule has 106 valence electrons. The number of carboxylic acid groups (broad SMARTS) is 1. The number of piperidine rings is 1. The Kier molecular flexibility index (Phi) is 4.68. The van der Waals surface area contributed by atoms with E-state index in [4.69, 9.17) is 5.11 Å². The van der Waals surface area contributed by atoms with Crippen LogP contribution in [-0.2, 0) is 14.4 Å². The molecule has 1 atom stereocenters. The molecule has 0 aliphatic carbocycles. The molecule has 2 fully saturated rings. The molecule has 19 heavy (non-hydrogen) atoms. The number of thioether (sulfide) groups is 1. The first kappa shape index (κ1) is 14.2. The monoisotopic (exact) mass is 286 g/mol. The average Bonchev–Trinajstić information content (AvgIpc) is 2.75. The number of carbonyl (C=O) groups excluding carboxylic acids is 2. The molecule has 7 heteroatoms. The van der Waals surface area contributed by atoms with Crippen molar-refractivity contribution in [3.8, 4) is 0 Å². The molecule has 0 aromatic rings. The van der Waals surface area contributed by atoms with Crippen molar-refractivity contribution in [1.29, 1.82) is 0 Å². The number of hydrogen-bond donors (Lipinski definition) is 1. The van der Waals surface area contributed by atoms with Gasteiger partial charge in [0.05, 0.1) is 18.1 Å². The van der Waals surface area contributed by atoms with Crippen LogP contribution in [0.25, 0.3) is 0 Å². The van der Waals surface area contributed by atoms with Crippen molar-refractivity contribution in [2.24, 2.45) is 0 Å². The number of amides is 2. The minimum absolute atomic E-state index is 0.00552. The van der Waals surface area contributed by atoms with Gasteiger partial charge in [0.25, 0.3) is 0 Å². The van der Waals surface area contributed by atoms with Gasteiger partial charge >= 0.3 is 5.97 Å². The fraction of sp³-hybridized carbons (Fsp3) is 0.750. The lowest BCUT2D eigenvalue weighted by atomic mass is 9.99. The van der Waals surface area contributed by atoms with E-state index >= 15 is 0 Å². The lowest BCUT2D eigenvalue weighted by Crippen LogP contribution is -2.49. The Morgan fingerprint density at radius 1 is 1.37 bits per heavy atom. The van der Waals surface area contributed by atoms with Crippen molar-refractivity contribution in [2.45, 2.75) is 31.7 Å². The predicted octanol–water partition coefficient (Wildman–Crippen LogP) is 0.375. The summed E-state index contributed by atoms with van der Waals surface area (Å²) in [6, 6.07) is -0.218. The summed E-state index contributed by atoms with van der Waals surface area (Å²) in [7, 11) is 0. The topological polar surface area (TPSA) is 77.9 Å². The molecule has 2 aliphatic rings. The Balaban J connectivity index is 1.94. The van der Waals surface area contributed by atoms with Crippen molar-refractivity contribution in [3.63, 3.8) is 0 Å². The molecule has 2 amide bonds. The molecule has 0 saturated carbocycles. The molecule has 6 nitrogen and oxygen atoms in total. The van der Waals surface area contributed by atoms with E-state index in [1.165, 1.54) is 11.8 Å². The number of likely N-dealkylation sites (tertiary alicyclic amines) is 1. The maximum Gasteiger partial charge on any atom is 0.305 e. The number of hydrogen-bond acceptors (Lipinski definition) is 4. The molecule has 0 radical (unpaired) electrons. The molecule has 0 aromatic heterocycles. The molecule has 2 heterocycles. The smallest absolute Gasteiger partial charge is 0.305 e. The van der Waals surface area contributed by atoms with Crippen LogP contribution in [0.5, 0.6) is 0 Å². The number of carboxylic acids is 1. The van der Waals surface area contributed by atoms with Crippen LogP contribution in [0.4, 0.5) is 0 Å². The molecule has 1 N–H and O–H groups in total. The number of rotatable bonds is 4. The van der Waals surface area contributed by atoms with E-state index in [1.807, 2.05) is 0 Å². The van der Waals surface area contributed by atoms with Gasteiger partial charge in [0.15, 0.2) is 0 Å². The van der Waals surface area contributed by atoms with E-state index in [0.717, 1.165) is 19.3 Å². The summed E-state index contributed by atoms with van der Waals surface area (Å²) in [5, 5.41) is 8.89. The minimum Gasteiger partial charge on any atom is -0.481 e. The van der Waals surface area contributed by atoms with Crippen molar-refractivity contribution < 1.29 is 19.5 Å². The highest BCUT2D eigenvalue weighted by Crippen LogP contribution is 2.21. The first-order chi connectivity index (χ1) is 9.08. The van der Waals surface area contributed by atoms with Crippen molar-refractivity contribution >= 4 is 29.5 Å². The zero-order valence-electron chi connectivity index (χ0n) is 10.7. The van der Waals surface area contributed by atoms with Gasteiger partial charge in [0, 0.05) is 12.6 Å². The molecule has 2 rings (SSSR count). The number of carbonyl (C=O) groups is 3. The second-order valence-electron chi connectivity index (χ2n) is 4.90. The summed E-state index contributed by atoms with van der Waals surface area (Å²) < 4.78 is 0. The molecule has 0 spiro atoms. The van der Waals surface area contributed by atoms with Gasteiger partial charge in [-0.3, -0.25) is 14.4 Å². The molecule has 1 unspecified atom stereocenters. The summed E-state index contributed by atoms with van der Waals surface area (Å²) in [5.41, 5.74) is 0. The van der Waals surface area contributed by atoms with Gasteiger partial charge in [0.2, 0.25) is 11.8 Å². The standard InChI is InChI=1S/C12H18N2O4S/c15-10(6-13-8-19-7-11(13)16)14-4-2-1-3-9(14)5-12(17)18/h9H,1-8H2,(H,17,18). The van der Waals surface area contributed by atoms with Gasteiger partial charge < -0.3 is 14.9 Å². The van der Waals surface area contributed by atoms with E-state index in [9.17, 15) is 14.4 Å². The summed E-state index contributed by atoms with van der Waals surface area (Å²) in [4.78, 5) is 37.7. The second kappa shape index (κ2) is 6.27. The summed E-state index contributed by atoms with van der Waals surface area (Å²) in [6.07, 6.45) is 2.60. The van der Waals surface area contributed by atoms with Crippen molar-refractivity contribution in [2.75, 3.05) is 24.7 Å². The van der Waals surface area contributed by atoms with Crippen LogP contribution in [-0.4, -0.2) is 63.5 Å². The zero-order chi connectivity index (χ0) is 13.8. The minimum atomic E-state index is -0.877. The van der Waals surface area contributed by atoms with Crippen LogP contribution in [0.1, 0.15) is 25.7 Å². The van der Waals surface area contributed by atoms with E-state index in [2.05, 4.69) is 0 Å². The van der Waals surface area contributed by atoms with Gasteiger partial charge in [-0.05, 0) is 19.3 Å². The van der Waals surface area contributed by atoms with Crippen LogP contribution in [0.15, 0.2) is 0 Å². The first-order valence-corrected chi connectivity index (χ1v) is 7.60. The van der Waals surface area contributed by atoms with E-state index in [1.54, 1.807) is 9.80 Å². The molecule has 0 aromatic carbocycles.